The molecule has 1 heterocycles. The van der Waals surface area contributed by atoms with Crippen molar-refractivity contribution >= 4 is 22.4 Å². The molecule has 5 heteroatoms. The van der Waals surface area contributed by atoms with Gasteiger partial charge in [-0.05, 0) is 25.1 Å². The summed E-state index contributed by atoms with van der Waals surface area (Å²) in [5, 5.41) is 10.2. The smallest absolute Gasteiger partial charge is 0.346 e. The Labute approximate surface area is 96.0 Å². The van der Waals surface area contributed by atoms with Gasteiger partial charge in [0.1, 0.15) is 10.8 Å². The minimum Gasteiger partial charge on any atom is -0.508 e. The van der Waals surface area contributed by atoms with Crippen molar-refractivity contribution in [1.29, 1.82) is 0 Å². The first-order valence-corrected chi connectivity index (χ1v) is 5.09. The van der Waals surface area contributed by atoms with Gasteiger partial charge in [-0.15, -0.1) is 0 Å². The van der Waals surface area contributed by atoms with Gasteiger partial charge in [0, 0.05) is 5.39 Å². The molecule has 16 heavy (non-hydrogen) atoms. The molecule has 0 amide bonds. The highest BCUT2D eigenvalue weighted by atomic mass is 35.5. The van der Waals surface area contributed by atoms with Crippen LogP contribution in [0.1, 0.15) is 6.92 Å². The second-order valence-corrected chi connectivity index (χ2v) is 3.53. The molecule has 1 aromatic heterocycles. The van der Waals surface area contributed by atoms with Crippen LogP contribution in [0.15, 0.2) is 27.4 Å². The Balaban J connectivity index is 2.79. The van der Waals surface area contributed by atoms with Gasteiger partial charge < -0.3 is 14.3 Å². The number of aromatic hydroxyl groups is 1. The lowest BCUT2D eigenvalue weighted by Gasteiger charge is -2.05. The summed E-state index contributed by atoms with van der Waals surface area (Å²) in [5.41, 5.74) is -0.584. The monoisotopic (exact) mass is 240 g/mol. The van der Waals surface area contributed by atoms with Gasteiger partial charge in [-0.25, -0.2) is 4.79 Å². The summed E-state index contributed by atoms with van der Waals surface area (Å²) >= 11 is 6.01. The van der Waals surface area contributed by atoms with Gasteiger partial charge in [0.05, 0.1) is 12.0 Å². The lowest BCUT2D eigenvalue weighted by molar-refractivity contribution is 0.246. The zero-order valence-electron chi connectivity index (χ0n) is 8.49. The predicted octanol–water partition coefficient (Wildman–Crippen LogP) is 2.55. The maximum atomic E-state index is 11.6. The van der Waals surface area contributed by atoms with Crippen LogP contribution in [-0.2, 0) is 0 Å². The van der Waals surface area contributed by atoms with Gasteiger partial charge in [0.2, 0.25) is 0 Å². The van der Waals surface area contributed by atoms with Crippen molar-refractivity contribution in [2.45, 2.75) is 6.92 Å². The Morgan fingerprint density at radius 3 is 2.88 bits per heavy atom. The average molecular weight is 241 g/mol. The van der Waals surface area contributed by atoms with Crippen molar-refractivity contribution in [3.05, 3.63) is 33.6 Å². The maximum absolute atomic E-state index is 11.6. The fourth-order valence-corrected chi connectivity index (χ4v) is 1.67. The van der Waals surface area contributed by atoms with Crippen molar-refractivity contribution < 1.29 is 14.3 Å². The summed E-state index contributed by atoms with van der Waals surface area (Å²) in [6.45, 7) is 2.11. The quantitative estimate of drug-likeness (QED) is 0.876. The van der Waals surface area contributed by atoms with Gasteiger partial charge in [-0.1, -0.05) is 11.6 Å². The molecule has 84 valence electrons. The molecule has 0 aliphatic rings. The number of hydrogen-bond acceptors (Lipinski definition) is 4. The minimum absolute atomic E-state index is 0.00681. The molecule has 0 atom stereocenters. The molecule has 0 aliphatic heterocycles. The fourth-order valence-electron chi connectivity index (χ4n) is 1.41. The minimum atomic E-state index is -0.584. The van der Waals surface area contributed by atoms with Crippen LogP contribution in [-0.4, -0.2) is 11.7 Å². The zero-order chi connectivity index (χ0) is 11.7. The number of hydrogen-bond donors (Lipinski definition) is 1. The third kappa shape index (κ3) is 1.72. The second kappa shape index (κ2) is 4.06. The van der Waals surface area contributed by atoms with Gasteiger partial charge >= 0.3 is 11.6 Å². The van der Waals surface area contributed by atoms with E-state index in [0.29, 0.717) is 12.0 Å². The second-order valence-electron chi connectivity index (χ2n) is 3.15. The van der Waals surface area contributed by atoms with Crippen LogP contribution in [0.3, 0.4) is 0 Å². The summed E-state index contributed by atoms with van der Waals surface area (Å²) in [6, 6.07) is 4.30. The third-order valence-corrected chi connectivity index (χ3v) is 2.46. The highest BCUT2D eigenvalue weighted by molar-refractivity contribution is 6.36. The van der Waals surface area contributed by atoms with E-state index in [2.05, 4.69) is 0 Å². The first-order chi connectivity index (χ1) is 7.63. The van der Waals surface area contributed by atoms with E-state index in [1.165, 1.54) is 12.1 Å². The largest absolute Gasteiger partial charge is 0.508 e. The van der Waals surface area contributed by atoms with Crippen LogP contribution in [0.25, 0.3) is 10.8 Å². The summed E-state index contributed by atoms with van der Waals surface area (Å²) in [4.78, 5) is 11.6. The van der Waals surface area contributed by atoms with Gasteiger partial charge in [0.15, 0.2) is 0 Å². The maximum Gasteiger partial charge on any atom is 0.346 e. The van der Waals surface area contributed by atoms with Crippen molar-refractivity contribution in [2.75, 3.05) is 6.61 Å². The molecule has 0 spiro atoms. The number of halogens is 1. The lowest BCUT2D eigenvalue weighted by atomic mass is 10.2. The average Bonchev–Trinajstić information content (AvgIpc) is 2.26. The van der Waals surface area contributed by atoms with Crippen LogP contribution in [0.4, 0.5) is 0 Å². The standard InChI is InChI=1S/C11H9ClO4/c1-2-15-11-9(12)7-4-3-6(13)5-8(7)10(14)16-11/h3-5,13H,2H2,1H3. The Kier molecular flexibility index (Phi) is 2.75. The number of fused-ring (bicyclic) bond motifs is 1. The van der Waals surface area contributed by atoms with Crippen LogP contribution in [0, 0.1) is 0 Å². The molecular formula is C11H9ClO4. The third-order valence-electron chi connectivity index (χ3n) is 2.10. The Morgan fingerprint density at radius 2 is 2.19 bits per heavy atom. The van der Waals surface area contributed by atoms with Crippen molar-refractivity contribution in [2.24, 2.45) is 0 Å². The van der Waals surface area contributed by atoms with Crippen molar-refractivity contribution in [3.63, 3.8) is 0 Å². The number of rotatable bonds is 2. The molecule has 1 N–H and O–H groups in total. The molecule has 2 aromatic rings. The van der Waals surface area contributed by atoms with Crippen LogP contribution >= 0.6 is 11.6 Å². The molecule has 4 nitrogen and oxygen atoms in total. The van der Waals surface area contributed by atoms with Crippen molar-refractivity contribution in [1.82, 2.24) is 0 Å². The first kappa shape index (κ1) is 10.8. The number of phenols is 1. The van der Waals surface area contributed by atoms with Crippen LogP contribution in [0.5, 0.6) is 11.7 Å². The van der Waals surface area contributed by atoms with Gasteiger partial charge in [-0.3, -0.25) is 0 Å². The molecule has 0 saturated heterocycles. The molecular weight excluding hydrogens is 232 g/mol. The molecule has 0 fully saturated rings. The summed E-state index contributed by atoms with van der Waals surface area (Å²) in [5.74, 6) is -0.00705. The lowest BCUT2D eigenvalue weighted by Crippen LogP contribution is -2.03. The Bertz CT molecular complexity index is 588. The Hall–Kier alpha value is -1.68. The van der Waals surface area contributed by atoms with E-state index in [0.717, 1.165) is 0 Å². The topological polar surface area (TPSA) is 59.7 Å². The SMILES string of the molecule is CCOc1oc(=O)c2cc(O)ccc2c1Cl. The highest BCUT2D eigenvalue weighted by Crippen LogP contribution is 2.31. The fraction of sp³-hybridized carbons (Fsp3) is 0.182. The van der Waals surface area contributed by atoms with E-state index in [1.54, 1.807) is 13.0 Å². The summed E-state index contributed by atoms with van der Waals surface area (Å²) in [7, 11) is 0. The van der Waals surface area contributed by atoms with Gasteiger partial charge in [-0.2, -0.15) is 0 Å². The van der Waals surface area contributed by atoms with E-state index in [4.69, 9.17) is 20.8 Å². The van der Waals surface area contributed by atoms with E-state index < -0.39 is 5.63 Å². The molecule has 0 unspecified atom stereocenters. The number of phenolic OH excluding ortho intramolecular Hbond substituents is 1. The number of benzene rings is 1. The molecule has 0 radical (unpaired) electrons. The molecule has 0 aliphatic carbocycles. The molecule has 0 bridgehead atoms. The summed E-state index contributed by atoms with van der Waals surface area (Å²) in [6.07, 6.45) is 0. The summed E-state index contributed by atoms with van der Waals surface area (Å²) < 4.78 is 9.99. The Morgan fingerprint density at radius 1 is 1.44 bits per heavy atom. The highest BCUT2D eigenvalue weighted by Gasteiger charge is 2.13. The number of ether oxygens (including phenoxy) is 1. The van der Waals surface area contributed by atoms with Gasteiger partial charge in [0.25, 0.3) is 0 Å². The van der Waals surface area contributed by atoms with Crippen molar-refractivity contribution in [3.8, 4) is 11.7 Å². The van der Waals surface area contributed by atoms with E-state index >= 15 is 0 Å². The van der Waals surface area contributed by atoms with Crippen LogP contribution in [0.2, 0.25) is 5.02 Å². The molecule has 1 aromatic carbocycles. The molecule has 0 saturated carbocycles. The van der Waals surface area contributed by atoms with E-state index in [9.17, 15) is 9.90 Å². The van der Waals surface area contributed by atoms with E-state index in [-0.39, 0.29) is 22.1 Å². The van der Waals surface area contributed by atoms with E-state index in [1.807, 2.05) is 0 Å². The normalized spacial score (nSPS) is 10.6. The van der Waals surface area contributed by atoms with Crippen LogP contribution < -0.4 is 10.4 Å². The zero-order valence-corrected chi connectivity index (χ0v) is 9.25. The predicted molar refractivity (Wildman–Crippen MR) is 60.3 cm³/mol. The first-order valence-electron chi connectivity index (χ1n) is 4.71. The molecule has 2 rings (SSSR count).